The van der Waals surface area contributed by atoms with E-state index in [4.69, 9.17) is 9.47 Å². The van der Waals surface area contributed by atoms with Crippen LogP contribution in [0.3, 0.4) is 0 Å². The predicted octanol–water partition coefficient (Wildman–Crippen LogP) is 2.27. The highest BCUT2D eigenvalue weighted by Crippen LogP contribution is 2.25. The normalized spacial score (nSPS) is 16.0. The molecule has 0 bridgehead atoms. The molecule has 0 aliphatic carbocycles. The third-order valence-corrected chi connectivity index (χ3v) is 7.40. The monoisotopic (exact) mass is 490 g/mol. The van der Waals surface area contributed by atoms with Gasteiger partial charge in [0.1, 0.15) is 12.4 Å². The lowest BCUT2D eigenvalue weighted by Gasteiger charge is -2.17. The number of nitrogens with zero attached hydrogens (tertiary/aromatic N) is 1. The number of ether oxygens (including phenoxy) is 2. The van der Waals surface area contributed by atoms with Crippen LogP contribution in [0.25, 0.3) is 0 Å². The van der Waals surface area contributed by atoms with Crippen molar-refractivity contribution in [1.82, 2.24) is 10.2 Å². The van der Waals surface area contributed by atoms with Crippen molar-refractivity contribution in [2.45, 2.75) is 24.8 Å². The topological polar surface area (TPSA) is 122 Å². The SMILES string of the molecule is Cc1cc(S(=O)(=O)C[C@H]2CCN(CCOCCNC(=O)OCc3ccccc3)C2=O)ccc1O. The Balaban J connectivity index is 1.32. The summed E-state index contributed by atoms with van der Waals surface area (Å²) in [6.45, 7) is 3.46. The number of rotatable bonds is 11. The zero-order valence-corrected chi connectivity index (χ0v) is 19.9. The van der Waals surface area contributed by atoms with E-state index in [0.29, 0.717) is 25.1 Å². The molecule has 10 heteroatoms. The summed E-state index contributed by atoms with van der Waals surface area (Å²) in [6.07, 6.45) is -0.0701. The van der Waals surface area contributed by atoms with Gasteiger partial charge in [0, 0.05) is 19.6 Å². The second kappa shape index (κ2) is 11.8. The molecule has 1 atom stereocenters. The molecular formula is C24H30N2O7S. The van der Waals surface area contributed by atoms with Crippen molar-refractivity contribution in [3.05, 3.63) is 59.7 Å². The number of phenols is 1. The van der Waals surface area contributed by atoms with E-state index >= 15 is 0 Å². The van der Waals surface area contributed by atoms with E-state index in [9.17, 15) is 23.1 Å². The fourth-order valence-corrected chi connectivity index (χ4v) is 5.30. The lowest BCUT2D eigenvalue weighted by atomic mass is 10.1. The molecule has 184 valence electrons. The van der Waals surface area contributed by atoms with Crippen LogP contribution >= 0.6 is 0 Å². The first-order chi connectivity index (χ1) is 16.3. The second-order valence-electron chi connectivity index (χ2n) is 8.14. The van der Waals surface area contributed by atoms with Crippen molar-refractivity contribution in [3.8, 4) is 5.75 Å². The molecule has 1 heterocycles. The molecule has 9 nitrogen and oxygen atoms in total. The number of likely N-dealkylation sites (tertiary alicyclic amines) is 1. The maximum absolute atomic E-state index is 12.7. The van der Waals surface area contributed by atoms with E-state index in [0.717, 1.165) is 5.56 Å². The number of phenolic OH excluding ortho intramolecular Hbond substituents is 1. The number of amides is 2. The first-order valence-corrected chi connectivity index (χ1v) is 12.7. The van der Waals surface area contributed by atoms with Crippen LogP contribution in [0.2, 0.25) is 0 Å². The Morgan fingerprint density at radius 2 is 1.94 bits per heavy atom. The lowest BCUT2D eigenvalue weighted by Crippen LogP contribution is -2.33. The van der Waals surface area contributed by atoms with Crippen molar-refractivity contribution in [1.29, 1.82) is 0 Å². The van der Waals surface area contributed by atoms with E-state index in [1.807, 2.05) is 30.3 Å². The van der Waals surface area contributed by atoms with Crippen molar-refractivity contribution >= 4 is 21.8 Å². The quantitative estimate of drug-likeness (QED) is 0.463. The molecular weight excluding hydrogens is 460 g/mol. The van der Waals surface area contributed by atoms with Crippen molar-refractivity contribution < 1.29 is 32.6 Å². The smallest absolute Gasteiger partial charge is 0.407 e. The number of aryl methyl sites for hydroxylation is 1. The minimum atomic E-state index is -3.64. The van der Waals surface area contributed by atoms with Gasteiger partial charge in [-0.2, -0.15) is 0 Å². The summed E-state index contributed by atoms with van der Waals surface area (Å²) in [5.74, 6) is -1.03. The fraction of sp³-hybridized carbons (Fsp3) is 0.417. The number of hydrogen-bond acceptors (Lipinski definition) is 7. The first kappa shape index (κ1) is 25.5. The van der Waals surface area contributed by atoms with Crippen molar-refractivity contribution in [3.63, 3.8) is 0 Å². The van der Waals surface area contributed by atoms with Gasteiger partial charge in [0.2, 0.25) is 5.91 Å². The predicted molar refractivity (Wildman–Crippen MR) is 125 cm³/mol. The van der Waals surface area contributed by atoms with Gasteiger partial charge < -0.3 is 24.8 Å². The standard InChI is InChI=1S/C24H30N2O7S/c1-18-15-21(7-8-22(18)27)34(30,31)17-20-9-11-26(23(20)28)12-14-32-13-10-25-24(29)33-16-19-5-3-2-4-6-19/h2-8,15,20,27H,9-14,16-17H2,1H3,(H,25,29)/t20-/m1/s1. The summed E-state index contributed by atoms with van der Waals surface area (Å²) >= 11 is 0. The number of carbonyl (C=O) groups excluding carboxylic acids is 2. The van der Waals surface area contributed by atoms with Crippen LogP contribution in [-0.2, 0) is 30.7 Å². The molecule has 0 spiro atoms. The van der Waals surface area contributed by atoms with Gasteiger partial charge in [0.05, 0.1) is 29.8 Å². The zero-order valence-electron chi connectivity index (χ0n) is 19.1. The summed E-state index contributed by atoms with van der Waals surface area (Å²) < 4.78 is 36.0. The van der Waals surface area contributed by atoms with E-state index < -0.39 is 21.8 Å². The summed E-state index contributed by atoms with van der Waals surface area (Å²) in [7, 11) is -3.64. The zero-order chi connectivity index (χ0) is 24.6. The van der Waals surface area contributed by atoms with E-state index in [1.165, 1.54) is 18.2 Å². The maximum atomic E-state index is 12.7. The van der Waals surface area contributed by atoms with Crippen LogP contribution < -0.4 is 5.32 Å². The number of benzene rings is 2. The number of carbonyl (C=O) groups is 2. The first-order valence-electron chi connectivity index (χ1n) is 11.1. The van der Waals surface area contributed by atoms with Gasteiger partial charge in [-0.15, -0.1) is 0 Å². The minimum Gasteiger partial charge on any atom is -0.508 e. The van der Waals surface area contributed by atoms with Gasteiger partial charge in [-0.25, -0.2) is 13.2 Å². The van der Waals surface area contributed by atoms with E-state index in [-0.39, 0.29) is 48.7 Å². The molecule has 0 unspecified atom stereocenters. The van der Waals surface area contributed by atoms with Gasteiger partial charge in [-0.3, -0.25) is 4.79 Å². The van der Waals surface area contributed by atoms with E-state index in [1.54, 1.807) is 11.8 Å². The largest absolute Gasteiger partial charge is 0.508 e. The van der Waals surface area contributed by atoms with Crippen LogP contribution in [0.4, 0.5) is 4.79 Å². The van der Waals surface area contributed by atoms with Gasteiger partial charge in [-0.1, -0.05) is 30.3 Å². The number of alkyl carbamates (subject to hydrolysis) is 1. The molecule has 2 aromatic rings. The third kappa shape index (κ3) is 7.19. The van der Waals surface area contributed by atoms with Crippen LogP contribution in [0.15, 0.2) is 53.4 Å². The third-order valence-electron chi connectivity index (χ3n) is 5.59. The number of aromatic hydroxyl groups is 1. The maximum Gasteiger partial charge on any atom is 0.407 e. The van der Waals surface area contributed by atoms with E-state index in [2.05, 4.69) is 5.32 Å². The summed E-state index contributed by atoms with van der Waals surface area (Å²) in [6, 6.07) is 13.5. The Hall–Kier alpha value is -3.11. The highest BCUT2D eigenvalue weighted by atomic mass is 32.2. The Labute approximate surface area is 199 Å². The molecule has 0 aromatic heterocycles. The molecule has 1 saturated heterocycles. The summed E-state index contributed by atoms with van der Waals surface area (Å²) in [5.41, 5.74) is 1.37. The Morgan fingerprint density at radius 1 is 1.18 bits per heavy atom. The Bertz CT molecular complexity index is 1090. The van der Waals surface area contributed by atoms with Crippen LogP contribution in [0, 0.1) is 12.8 Å². The molecule has 34 heavy (non-hydrogen) atoms. The van der Waals surface area contributed by atoms with Crippen molar-refractivity contribution in [2.24, 2.45) is 5.92 Å². The second-order valence-corrected chi connectivity index (χ2v) is 10.2. The van der Waals surface area contributed by atoms with Crippen LogP contribution in [0.5, 0.6) is 5.75 Å². The highest BCUT2D eigenvalue weighted by Gasteiger charge is 2.35. The lowest BCUT2D eigenvalue weighted by molar-refractivity contribution is -0.131. The van der Waals surface area contributed by atoms with Crippen molar-refractivity contribution in [2.75, 3.05) is 38.6 Å². The molecule has 2 N–H and O–H groups in total. The summed E-state index contributed by atoms with van der Waals surface area (Å²) in [5, 5.41) is 12.2. The molecule has 1 fully saturated rings. The average molecular weight is 491 g/mol. The molecule has 3 rings (SSSR count). The van der Waals surface area contributed by atoms with Gasteiger partial charge >= 0.3 is 6.09 Å². The Morgan fingerprint density at radius 3 is 2.68 bits per heavy atom. The fourth-order valence-electron chi connectivity index (χ4n) is 3.64. The number of nitrogens with one attached hydrogen (secondary N) is 1. The van der Waals surface area contributed by atoms with Gasteiger partial charge in [-0.05, 0) is 42.7 Å². The van der Waals surface area contributed by atoms with Crippen LogP contribution in [0.1, 0.15) is 17.5 Å². The minimum absolute atomic E-state index is 0.0290. The van der Waals surface area contributed by atoms with Crippen LogP contribution in [-0.4, -0.2) is 69.0 Å². The number of hydrogen-bond donors (Lipinski definition) is 2. The molecule has 0 radical (unpaired) electrons. The van der Waals surface area contributed by atoms with Gasteiger partial charge in [0.15, 0.2) is 9.84 Å². The molecule has 0 saturated carbocycles. The Kier molecular flexibility index (Phi) is 8.89. The van der Waals surface area contributed by atoms with Gasteiger partial charge in [0.25, 0.3) is 0 Å². The molecule has 1 aliphatic heterocycles. The summed E-state index contributed by atoms with van der Waals surface area (Å²) in [4.78, 5) is 26.0. The molecule has 2 amide bonds. The molecule has 2 aromatic carbocycles. The average Bonchev–Trinajstić information content (AvgIpc) is 3.15. The molecule has 1 aliphatic rings. The highest BCUT2D eigenvalue weighted by molar-refractivity contribution is 7.91. The number of sulfone groups is 1.